The number of hydrogen-bond acceptors (Lipinski definition) is 0. The Kier molecular flexibility index (Phi) is 9.11. The largest absolute Gasteiger partial charge is 0.0683 e. The summed E-state index contributed by atoms with van der Waals surface area (Å²) in [5, 5.41) is 0. The molecule has 0 saturated carbocycles. The van der Waals surface area contributed by atoms with Gasteiger partial charge in [0.05, 0.1) is 0 Å². The molecule has 0 aromatic heterocycles. The third-order valence-electron chi connectivity index (χ3n) is 2.79. The zero-order chi connectivity index (χ0) is 14.2. The first kappa shape index (κ1) is 18.6. The topological polar surface area (TPSA) is 0 Å². The predicted molar refractivity (Wildman–Crippen MR) is 82.0 cm³/mol. The molecule has 0 spiro atoms. The third-order valence-corrected chi connectivity index (χ3v) is 2.79. The molecule has 0 aliphatic carbocycles. The molecular weight excluding hydrogens is 204 g/mol. The van der Waals surface area contributed by atoms with Crippen LogP contribution < -0.4 is 0 Å². The van der Waals surface area contributed by atoms with Crippen molar-refractivity contribution in [1.29, 1.82) is 0 Å². The predicted octanol–water partition coefficient (Wildman–Crippen LogP) is 5.96. The average Bonchev–Trinajstić information content (AvgIpc) is 2.29. The van der Waals surface area contributed by atoms with Gasteiger partial charge in [-0.15, -0.1) is 0 Å². The van der Waals surface area contributed by atoms with Crippen LogP contribution in [0.1, 0.15) is 70.7 Å². The van der Waals surface area contributed by atoms with Crippen LogP contribution in [-0.4, -0.2) is 0 Å². The third kappa shape index (κ3) is 5.91. The fourth-order valence-corrected chi connectivity index (χ4v) is 1.47. The summed E-state index contributed by atoms with van der Waals surface area (Å²) in [6.45, 7) is 21.4. The molecule has 0 radical (unpaired) electrons. The lowest BCUT2D eigenvalue weighted by Gasteiger charge is -2.21. The van der Waals surface area contributed by atoms with Crippen molar-refractivity contribution >= 4 is 0 Å². The summed E-state index contributed by atoms with van der Waals surface area (Å²) in [6.07, 6.45) is 0. The van der Waals surface area contributed by atoms with Crippen molar-refractivity contribution in [3.8, 4) is 0 Å². The van der Waals surface area contributed by atoms with Gasteiger partial charge < -0.3 is 0 Å². The van der Waals surface area contributed by atoms with Crippen LogP contribution in [0, 0.1) is 20.8 Å². The van der Waals surface area contributed by atoms with Crippen LogP contribution in [0.3, 0.4) is 0 Å². The van der Waals surface area contributed by atoms with Crippen LogP contribution >= 0.6 is 0 Å². The maximum atomic E-state index is 2.31. The van der Waals surface area contributed by atoms with E-state index < -0.39 is 0 Å². The van der Waals surface area contributed by atoms with Gasteiger partial charge in [-0.1, -0.05) is 60.6 Å². The Bertz CT molecular complexity index is 290. The lowest BCUT2D eigenvalue weighted by atomic mass is 9.84. The number of benzene rings is 1. The molecule has 0 atom stereocenters. The molecule has 0 nitrogen and oxygen atoms in total. The Morgan fingerprint density at radius 1 is 0.706 bits per heavy atom. The van der Waals surface area contributed by atoms with Crippen LogP contribution in [-0.2, 0) is 5.41 Å². The molecule has 0 heterocycles. The standard InChI is InChI=1S/C13H20.2C2H6/c1-9-7-12(13(4,5)6)8-10(2)11(9)3;2*1-2/h7-8H,1-6H3;2*1-2H3. The van der Waals surface area contributed by atoms with Crippen LogP contribution in [0.25, 0.3) is 0 Å². The highest BCUT2D eigenvalue weighted by atomic mass is 14.2. The Morgan fingerprint density at radius 2 is 1.00 bits per heavy atom. The van der Waals surface area contributed by atoms with Gasteiger partial charge in [-0.2, -0.15) is 0 Å². The second-order valence-electron chi connectivity index (χ2n) is 4.99. The van der Waals surface area contributed by atoms with Gasteiger partial charge in [-0.05, 0) is 48.4 Å². The van der Waals surface area contributed by atoms with Gasteiger partial charge in [0.1, 0.15) is 0 Å². The van der Waals surface area contributed by atoms with E-state index in [-0.39, 0.29) is 5.41 Å². The molecule has 1 aromatic carbocycles. The molecule has 0 aliphatic heterocycles. The van der Waals surface area contributed by atoms with Crippen molar-refractivity contribution in [2.45, 2.75) is 74.7 Å². The van der Waals surface area contributed by atoms with E-state index in [4.69, 9.17) is 0 Å². The van der Waals surface area contributed by atoms with Crippen LogP contribution in [0.4, 0.5) is 0 Å². The summed E-state index contributed by atoms with van der Waals surface area (Å²) < 4.78 is 0. The minimum Gasteiger partial charge on any atom is -0.0683 e. The molecule has 0 aliphatic rings. The molecule has 17 heavy (non-hydrogen) atoms. The maximum absolute atomic E-state index is 2.31. The first-order valence-corrected chi connectivity index (χ1v) is 6.90. The summed E-state index contributed by atoms with van der Waals surface area (Å²) in [5.74, 6) is 0. The highest BCUT2D eigenvalue weighted by Crippen LogP contribution is 2.26. The van der Waals surface area contributed by atoms with Crippen molar-refractivity contribution in [3.05, 3.63) is 34.4 Å². The van der Waals surface area contributed by atoms with Gasteiger partial charge in [0.25, 0.3) is 0 Å². The number of aryl methyl sites for hydroxylation is 2. The SMILES string of the molecule is CC.CC.Cc1cc(C(C)(C)C)cc(C)c1C. The monoisotopic (exact) mass is 236 g/mol. The molecular formula is C17H32. The van der Waals surface area contributed by atoms with E-state index in [2.05, 4.69) is 53.7 Å². The smallest absolute Gasteiger partial charge is 0.0132 e. The van der Waals surface area contributed by atoms with Crippen molar-refractivity contribution in [2.24, 2.45) is 0 Å². The summed E-state index contributed by atoms with van der Waals surface area (Å²) >= 11 is 0. The van der Waals surface area contributed by atoms with Gasteiger partial charge in [0.2, 0.25) is 0 Å². The quantitative estimate of drug-likeness (QED) is 0.521. The van der Waals surface area contributed by atoms with Crippen LogP contribution in [0.2, 0.25) is 0 Å². The fraction of sp³-hybridized carbons (Fsp3) is 0.647. The van der Waals surface area contributed by atoms with Gasteiger partial charge >= 0.3 is 0 Å². The molecule has 100 valence electrons. The first-order valence-electron chi connectivity index (χ1n) is 6.90. The van der Waals surface area contributed by atoms with E-state index in [0.717, 1.165) is 0 Å². The Labute approximate surface area is 109 Å². The highest BCUT2D eigenvalue weighted by molar-refractivity contribution is 5.39. The highest BCUT2D eigenvalue weighted by Gasteiger charge is 2.14. The molecule has 0 amide bonds. The second-order valence-corrected chi connectivity index (χ2v) is 4.99. The van der Waals surface area contributed by atoms with E-state index in [0.29, 0.717) is 0 Å². The molecule has 0 bridgehead atoms. The normalized spacial score (nSPS) is 9.76. The summed E-state index contributed by atoms with van der Waals surface area (Å²) in [7, 11) is 0. The van der Waals surface area contributed by atoms with Crippen molar-refractivity contribution < 1.29 is 0 Å². The van der Waals surface area contributed by atoms with Gasteiger partial charge in [-0.25, -0.2) is 0 Å². The second kappa shape index (κ2) is 8.33. The first-order chi connectivity index (χ1) is 7.82. The van der Waals surface area contributed by atoms with E-state index in [1.54, 1.807) is 0 Å². The molecule has 1 aromatic rings. The van der Waals surface area contributed by atoms with Crippen LogP contribution in [0.15, 0.2) is 12.1 Å². The Hall–Kier alpha value is -0.780. The van der Waals surface area contributed by atoms with E-state index in [1.165, 1.54) is 22.3 Å². The van der Waals surface area contributed by atoms with Gasteiger partial charge in [0.15, 0.2) is 0 Å². The number of hydrogen-bond donors (Lipinski definition) is 0. The summed E-state index contributed by atoms with van der Waals surface area (Å²) in [6, 6.07) is 4.62. The van der Waals surface area contributed by atoms with Crippen LogP contribution in [0.5, 0.6) is 0 Å². The van der Waals surface area contributed by atoms with Gasteiger partial charge in [0, 0.05) is 0 Å². The minimum absolute atomic E-state index is 0.267. The fourth-order valence-electron chi connectivity index (χ4n) is 1.47. The molecule has 0 N–H and O–H groups in total. The van der Waals surface area contributed by atoms with Gasteiger partial charge in [-0.3, -0.25) is 0 Å². The average molecular weight is 236 g/mol. The molecule has 0 fully saturated rings. The van der Waals surface area contributed by atoms with Crippen molar-refractivity contribution in [3.63, 3.8) is 0 Å². The lowest BCUT2D eigenvalue weighted by molar-refractivity contribution is 0.589. The molecule has 0 saturated heterocycles. The van der Waals surface area contributed by atoms with E-state index in [9.17, 15) is 0 Å². The zero-order valence-electron chi connectivity index (χ0n) is 13.7. The number of rotatable bonds is 0. The zero-order valence-corrected chi connectivity index (χ0v) is 13.7. The maximum Gasteiger partial charge on any atom is -0.0132 e. The minimum atomic E-state index is 0.267. The van der Waals surface area contributed by atoms with E-state index in [1.807, 2.05) is 27.7 Å². The lowest BCUT2D eigenvalue weighted by Crippen LogP contribution is -2.12. The molecule has 1 rings (SSSR count). The summed E-state index contributed by atoms with van der Waals surface area (Å²) in [4.78, 5) is 0. The molecule has 0 heteroatoms. The van der Waals surface area contributed by atoms with Crippen molar-refractivity contribution in [1.82, 2.24) is 0 Å². The Morgan fingerprint density at radius 3 is 1.24 bits per heavy atom. The molecule has 0 unspecified atom stereocenters. The Balaban J connectivity index is 0. The van der Waals surface area contributed by atoms with Crippen molar-refractivity contribution in [2.75, 3.05) is 0 Å². The summed E-state index contributed by atoms with van der Waals surface area (Å²) in [5.41, 5.74) is 5.94. The van der Waals surface area contributed by atoms with E-state index >= 15 is 0 Å².